The van der Waals surface area contributed by atoms with Gasteiger partial charge in [-0.2, -0.15) is 0 Å². The Hall–Kier alpha value is -1.37. The summed E-state index contributed by atoms with van der Waals surface area (Å²) in [4.78, 5) is 16.4. The Morgan fingerprint density at radius 1 is 1.35 bits per heavy atom. The van der Waals surface area contributed by atoms with E-state index >= 15 is 0 Å². The van der Waals surface area contributed by atoms with Gasteiger partial charge in [-0.1, -0.05) is 0 Å². The fourth-order valence-corrected chi connectivity index (χ4v) is 3.30. The zero-order valence-corrected chi connectivity index (χ0v) is 11.7. The number of fused-ring (bicyclic) bond motifs is 1. The Labute approximate surface area is 118 Å². The van der Waals surface area contributed by atoms with E-state index in [0.29, 0.717) is 6.04 Å². The number of nitrogens with zero attached hydrogens (tertiary/aromatic N) is 2. The van der Waals surface area contributed by atoms with Crippen LogP contribution in [0, 0.1) is 0 Å². The molecular formula is C14H22N4O2. The maximum absolute atomic E-state index is 11.4. The SMILES string of the molecule is NNC(=O)c1ccc(CN2CCCN3CCCC3C2)o1. The van der Waals surface area contributed by atoms with Gasteiger partial charge in [0.05, 0.1) is 6.54 Å². The number of furan rings is 1. The number of carbonyl (C=O) groups is 1. The second-order valence-electron chi connectivity index (χ2n) is 5.66. The number of hydrogen-bond acceptors (Lipinski definition) is 5. The first kappa shape index (κ1) is 13.6. The molecule has 0 bridgehead atoms. The zero-order chi connectivity index (χ0) is 13.9. The monoisotopic (exact) mass is 278 g/mol. The highest BCUT2D eigenvalue weighted by Crippen LogP contribution is 2.22. The van der Waals surface area contributed by atoms with Gasteiger partial charge >= 0.3 is 5.91 Å². The van der Waals surface area contributed by atoms with Crippen molar-refractivity contribution in [3.8, 4) is 0 Å². The first-order valence-electron chi connectivity index (χ1n) is 7.32. The van der Waals surface area contributed by atoms with Gasteiger partial charge in [0.15, 0.2) is 5.76 Å². The molecule has 1 unspecified atom stereocenters. The first-order valence-corrected chi connectivity index (χ1v) is 7.32. The Morgan fingerprint density at radius 3 is 3.05 bits per heavy atom. The molecule has 1 amide bonds. The molecule has 3 rings (SSSR count). The van der Waals surface area contributed by atoms with Crippen LogP contribution >= 0.6 is 0 Å². The molecule has 2 saturated heterocycles. The van der Waals surface area contributed by atoms with E-state index in [2.05, 4.69) is 15.2 Å². The van der Waals surface area contributed by atoms with Crippen molar-refractivity contribution >= 4 is 5.91 Å². The van der Waals surface area contributed by atoms with Gasteiger partial charge in [-0.25, -0.2) is 5.84 Å². The highest BCUT2D eigenvalue weighted by atomic mass is 16.4. The van der Waals surface area contributed by atoms with Gasteiger partial charge in [0.2, 0.25) is 0 Å². The van der Waals surface area contributed by atoms with E-state index in [0.717, 1.165) is 25.4 Å². The number of amides is 1. The van der Waals surface area contributed by atoms with Crippen molar-refractivity contribution < 1.29 is 9.21 Å². The van der Waals surface area contributed by atoms with Crippen LogP contribution in [0.5, 0.6) is 0 Å². The van der Waals surface area contributed by atoms with Crippen LogP contribution < -0.4 is 11.3 Å². The van der Waals surface area contributed by atoms with Gasteiger partial charge in [0.1, 0.15) is 5.76 Å². The van der Waals surface area contributed by atoms with Gasteiger partial charge < -0.3 is 4.42 Å². The molecule has 1 atom stereocenters. The zero-order valence-electron chi connectivity index (χ0n) is 11.7. The molecule has 0 saturated carbocycles. The minimum absolute atomic E-state index is 0.278. The summed E-state index contributed by atoms with van der Waals surface area (Å²) in [6, 6.07) is 4.23. The van der Waals surface area contributed by atoms with Crippen molar-refractivity contribution in [3.63, 3.8) is 0 Å². The van der Waals surface area contributed by atoms with Crippen LogP contribution in [0.25, 0.3) is 0 Å². The van der Waals surface area contributed by atoms with Crippen molar-refractivity contribution in [1.82, 2.24) is 15.2 Å². The van der Waals surface area contributed by atoms with Crippen molar-refractivity contribution in [2.45, 2.75) is 31.8 Å². The molecule has 0 radical (unpaired) electrons. The summed E-state index contributed by atoms with van der Waals surface area (Å²) in [5.41, 5.74) is 2.09. The fraction of sp³-hybridized carbons (Fsp3) is 0.643. The summed E-state index contributed by atoms with van der Waals surface area (Å²) in [5, 5.41) is 0. The van der Waals surface area contributed by atoms with Gasteiger partial charge in [-0.3, -0.25) is 20.0 Å². The number of hydrazine groups is 1. The van der Waals surface area contributed by atoms with Crippen molar-refractivity contribution in [3.05, 3.63) is 23.7 Å². The predicted octanol–water partition coefficient (Wildman–Crippen LogP) is 0.553. The lowest BCUT2D eigenvalue weighted by Crippen LogP contribution is -2.36. The van der Waals surface area contributed by atoms with E-state index in [1.807, 2.05) is 6.07 Å². The average molecular weight is 278 g/mol. The normalized spacial score (nSPS) is 24.4. The molecule has 2 aliphatic heterocycles. The number of carbonyl (C=O) groups excluding carboxylic acids is 1. The molecule has 6 nitrogen and oxygen atoms in total. The molecule has 2 aliphatic rings. The summed E-state index contributed by atoms with van der Waals surface area (Å²) >= 11 is 0. The highest BCUT2D eigenvalue weighted by Gasteiger charge is 2.28. The topological polar surface area (TPSA) is 74.7 Å². The van der Waals surface area contributed by atoms with Crippen molar-refractivity contribution in [2.24, 2.45) is 5.84 Å². The molecule has 0 spiro atoms. The second-order valence-corrected chi connectivity index (χ2v) is 5.66. The number of nitrogens with two attached hydrogens (primary N) is 1. The molecular weight excluding hydrogens is 256 g/mol. The largest absolute Gasteiger partial charge is 0.455 e. The standard InChI is InChI=1S/C14H22N4O2/c15-16-14(19)13-5-4-12(20-13)10-17-6-2-8-18-7-1-3-11(18)9-17/h4-5,11H,1-3,6-10,15H2,(H,16,19). The van der Waals surface area contributed by atoms with Gasteiger partial charge in [0.25, 0.3) is 0 Å². The minimum Gasteiger partial charge on any atom is -0.455 e. The lowest BCUT2D eigenvalue weighted by Gasteiger charge is -2.24. The maximum atomic E-state index is 11.4. The summed E-state index contributed by atoms with van der Waals surface area (Å²) in [5.74, 6) is 5.83. The molecule has 0 aromatic carbocycles. The number of rotatable bonds is 3. The van der Waals surface area contributed by atoms with Crippen LogP contribution in [0.4, 0.5) is 0 Å². The Balaban J connectivity index is 1.62. The first-order chi connectivity index (χ1) is 9.76. The fourth-order valence-electron chi connectivity index (χ4n) is 3.30. The lowest BCUT2D eigenvalue weighted by molar-refractivity contribution is 0.0921. The van der Waals surface area contributed by atoms with Crippen LogP contribution in [0.2, 0.25) is 0 Å². The maximum Gasteiger partial charge on any atom is 0.300 e. The van der Waals surface area contributed by atoms with Crippen molar-refractivity contribution in [2.75, 3.05) is 26.2 Å². The molecule has 6 heteroatoms. The Kier molecular flexibility index (Phi) is 4.05. The highest BCUT2D eigenvalue weighted by molar-refractivity contribution is 5.90. The van der Waals surface area contributed by atoms with Crippen LogP contribution in [0.1, 0.15) is 35.6 Å². The molecule has 110 valence electrons. The summed E-state index contributed by atoms with van der Waals surface area (Å²) < 4.78 is 5.54. The third-order valence-corrected chi connectivity index (χ3v) is 4.28. The predicted molar refractivity (Wildman–Crippen MR) is 74.9 cm³/mol. The van der Waals surface area contributed by atoms with Crippen LogP contribution in [0.15, 0.2) is 16.5 Å². The quantitative estimate of drug-likeness (QED) is 0.480. The number of nitrogen functional groups attached to an aromatic ring is 1. The molecule has 20 heavy (non-hydrogen) atoms. The Bertz CT molecular complexity index is 473. The minimum atomic E-state index is -0.380. The summed E-state index contributed by atoms with van der Waals surface area (Å²) in [6.45, 7) is 5.41. The summed E-state index contributed by atoms with van der Waals surface area (Å²) in [6.07, 6.45) is 3.82. The van der Waals surface area contributed by atoms with Gasteiger partial charge in [0, 0.05) is 12.6 Å². The van der Waals surface area contributed by atoms with Crippen LogP contribution in [0.3, 0.4) is 0 Å². The molecule has 3 N–H and O–H groups in total. The van der Waals surface area contributed by atoms with Crippen molar-refractivity contribution in [1.29, 1.82) is 0 Å². The molecule has 2 fully saturated rings. The van der Waals surface area contributed by atoms with Gasteiger partial charge in [-0.05, 0) is 51.0 Å². The van der Waals surface area contributed by atoms with E-state index in [1.54, 1.807) is 6.07 Å². The smallest absolute Gasteiger partial charge is 0.300 e. The molecule has 0 aliphatic carbocycles. The van der Waals surface area contributed by atoms with E-state index in [-0.39, 0.29) is 11.7 Å². The van der Waals surface area contributed by atoms with Gasteiger partial charge in [-0.15, -0.1) is 0 Å². The van der Waals surface area contributed by atoms with E-state index in [4.69, 9.17) is 10.3 Å². The van der Waals surface area contributed by atoms with E-state index < -0.39 is 0 Å². The third-order valence-electron chi connectivity index (χ3n) is 4.28. The van der Waals surface area contributed by atoms with E-state index in [9.17, 15) is 4.79 Å². The molecule has 1 aromatic heterocycles. The van der Waals surface area contributed by atoms with Crippen LogP contribution in [-0.4, -0.2) is 47.9 Å². The third kappa shape index (κ3) is 2.87. The lowest BCUT2D eigenvalue weighted by atomic mass is 10.2. The number of nitrogens with one attached hydrogen (secondary N) is 1. The summed E-state index contributed by atoms with van der Waals surface area (Å²) in [7, 11) is 0. The average Bonchev–Trinajstić information content (AvgIpc) is 3.04. The Morgan fingerprint density at radius 2 is 2.20 bits per heavy atom. The van der Waals surface area contributed by atoms with Crippen LogP contribution in [-0.2, 0) is 6.54 Å². The molecule has 1 aromatic rings. The molecule has 3 heterocycles. The number of hydrogen-bond donors (Lipinski definition) is 2. The van der Waals surface area contributed by atoms with E-state index in [1.165, 1.54) is 32.4 Å². The second kappa shape index (κ2) is 5.95.